The molecule has 0 saturated carbocycles. The third-order valence-corrected chi connectivity index (χ3v) is 5.50. The number of hydrogen-bond acceptors (Lipinski definition) is 4. The second kappa shape index (κ2) is 7.61. The van der Waals surface area contributed by atoms with Crippen molar-refractivity contribution in [2.75, 3.05) is 26.8 Å². The van der Waals surface area contributed by atoms with Crippen molar-refractivity contribution < 1.29 is 18.3 Å². The fourth-order valence-electron chi connectivity index (χ4n) is 1.76. The van der Waals surface area contributed by atoms with Gasteiger partial charge in [-0.25, -0.2) is 8.42 Å². The number of aliphatic hydroxyl groups excluding tert-OH is 1. The van der Waals surface area contributed by atoms with Crippen LogP contribution in [0.1, 0.15) is 13.3 Å². The molecule has 0 atom stereocenters. The summed E-state index contributed by atoms with van der Waals surface area (Å²) in [5.41, 5.74) is 0. The molecule has 5 nitrogen and oxygen atoms in total. The Bertz CT molecular complexity index is 565. The van der Waals surface area contributed by atoms with Crippen molar-refractivity contribution in [3.05, 3.63) is 21.6 Å². The Morgan fingerprint density at radius 2 is 2.10 bits per heavy atom. The van der Waals surface area contributed by atoms with Gasteiger partial charge in [-0.2, -0.15) is 4.31 Å². The fraction of sp³-hybridized carbons (Fsp3) is 0.500. The summed E-state index contributed by atoms with van der Waals surface area (Å²) >= 11 is 9.17. The first-order valence-electron chi connectivity index (χ1n) is 6.02. The van der Waals surface area contributed by atoms with E-state index in [9.17, 15) is 8.42 Å². The summed E-state index contributed by atoms with van der Waals surface area (Å²) in [6, 6.07) is 2.94. The van der Waals surface area contributed by atoms with E-state index >= 15 is 0 Å². The Hall–Kier alpha value is -0.340. The van der Waals surface area contributed by atoms with Crippen LogP contribution >= 0.6 is 27.5 Å². The highest BCUT2D eigenvalue weighted by Gasteiger charge is 2.28. The number of ether oxygens (including phenoxy) is 1. The second-order valence-corrected chi connectivity index (χ2v) is 7.19. The number of rotatable bonds is 7. The van der Waals surface area contributed by atoms with Crippen molar-refractivity contribution >= 4 is 37.6 Å². The van der Waals surface area contributed by atoms with E-state index in [0.29, 0.717) is 22.5 Å². The monoisotopic (exact) mass is 385 g/mol. The molecule has 1 aromatic carbocycles. The predicted octanol–water partition coefficient (Wildman–Crippen LogP) is 2.50. The van der Waals surface area contributed by atoms with Gasteiger partial charge in [-0.1, -0.05) is 18.5 Å². The zero-order valence-electron chi connectivity index (χ0n) is 11.3. The van der Waals surface area contributed by atoms with E-state index in [1.54, 1.807) is 13.0 Å². The molecule has 0 aliphatic heterocycles. The molecule has 20 heavy (non-hydrogen) atoms. The Morgan fingerprint density at radius 1 is 1.45 bits per heavy atom. The lowest BCUT2D eigenvalue weighted by atomic mass is 10.3. The molecule has 0 radical (unpaired) electrons. The number of hydrogen-bond donors (Lipinski definition) is 1. The molecule has 0 bridgehead atoms. The van der Waals surface area contributed by atoms with Crippen LogP contribution in [0.15, 0.2) is 21.5 Å². The van der Waals surface area contributed by atoms with Gasteiger partial charge in [0.1, 0.15) is 4.90 Å². The minimum atomic E-state index is -3.73. The van der Waals surface area contributed by atoms with Gasteiger partial charge in [0, 0.05) is 24.7 Å². The lowest BCUT2D eigenvalue weighted by Gasteiger charge is -2.22. The molecule has 0 fully saturated rings. The summed E-state index contributed by atoms with van der Waals surface area (Å²) in [7, 11) is -2.33. The van der Waals surface area contributed by atoms with Gasteiger partial charge in [-0.05, 0) is 34.5 Å². The molecule has 8 heteroatoms. The second-order valence-electron chi connectivity index (χ2n) is 3.99. The van der Waals surface area contributed by atoms with Crippen LogP contribution in [-0.4, -0.2) is 44.6 Å². The first-order valence-corrected chi connectivity index (χ1v) is 8.63. The van der Waals surface area contributed by atoms with Gasteiger partial charge in [0.15, 0.2) is 5.75 Å². The van der Waals surface area contributed by atoms with Gasteiger partial charge in [0.05, 0.1) is 11.6 Å². The SMILES string of the molecule is CCN(CCCO)S(=O)(=O)c1cc(Cl)cc(Br)c1OC. The molecule has 114 valence electrons. The lowest BCUT2D eigenvalue weighted by molar-refractivity contribution is 0.271. The minimum absolute atomic E-state index is 0.0131. The van der Waals surface area contributed by atoms with Crippen molar-refractivity contribution in [3.63, 3.8) is 0 Å². The maximum atomic E-state index is 12.6. The number of sulfonamides is 1. The van der Waals surface area contributed by atoms with Crippen molar-refractivity contribution in [1.29, 1.82) is 0 Å². The zero-order valence-corrected chi connectivity index (χ0v) is 14.4. The van der Waals surface area contributed by atoms with Crippen molar-refractivity contribution in [1.82, 2.24) is 4.31 Å². The third kappa shape index (κ3) is 3.85. The summed E-state index contributed by atoms with van der Waals surface area (Å²) in [5, 5.41) is 9.16. The van der Waals surface area contributed by atoms with Crippen LogP contribution in [0.5, 0.6) is 5.75 Å². The summed E-state index contributed by atoms with van der Waals surface area (Å²) in [5.74, 6) is 0.219. The summed E-state index contributed by atoms with van der Waals surface area (Å²) in [6.07, 6.45) is 0.372. The summed E-state index contributed by atoms with van der Waals surface area (Å²) < 4.78 is 32.2. The lowest BCUT2D eigenvalue weighted by Crippen LogP contribution is -2.32. The number of nitrogens with zero attached hydrogens (tertiary/aromatic N) is 1. The highest BCUT2D eigenvalue weighted by atomic mass is 79.9. The van der Waals surface area contributed by atoms with E-state index in [2.05, 4.69) is 15.9 Å². The van der Waals surface area contributed by atoms with Gasteiger partial charge < -0.3 is 9.84 Å². The largest absolute Gasteiger partial charge is 0.494 e. The van der Waals surface area contributed by atoms with Crippen molar-refractivity contribution in [3.8, 4) is 5.75 Å². The number of benzene rings is 1. The van der Waals surface area contributed by atoms with Crippen LogP contribution in [0, 0.1) is 0 Å². The molecular weight excluding hydrogens is 370 g/mol. The molecule has 0 heterocycles. The van der Waals surface area contributed by atoms with Crippen LogP contribution in [0.4, 0.5) is 0 Å². The normalized spacial score (nSPS) is 11.9. The Kier molecular flexibility index (Phi) is 6.74. The molecule has 0 aromatic heterocycles. The first kappa shape index (κ1) is 17.7. The summed E-state index contributed by atoms with van der Waals surface area (Å²) in [4.78, 5) is 0.0131. The average Bonchev–Trinajstić information content (AvgIpc) is 2.38. The molecule has 0 saturated heterocycles. The van der Waals surface area contributed by atoms with Crippen LogP contribution in [-0.2, 0) is 10.0 Å². The maximum Gasteiger partial charge on any atom is 0.246 e. The van der Waals surface area contributed by atoms with E-state index in [1.807, 2.05) is 0 Å². The molecule has 1 aromatic rings. The van der Waals surface area contributed by atoms with Gasteiger partial charge in [-0.15, -0.1) is 0 Å². The highest BCUT2D eigenvalue weighted by molar-refractivity contribution is 9.10. The van der Waals surface area contributed by atoms with Gasteiger partial charge in [0.2, 0.25) is 10.0 Å². The van der Waals surface area contributed by atoms with E-state index in [0.717, 1.165) is 0 Å². The number of aliphatic hydroxyl groups is 1. The van der Waals surface area contributed by atoms with E-state index in [-0.39, 0.29) is 23.8 Å². The standard InChI is InChI=1S/C12H17BrClNO4S/c1-3-15(5-4-6-16)20(17,18)11-8-9(14)7-10(13)12(11)19-2/h7-8,16H,3-6H2,1-2H3. The van der Waals surface area contributed by atoms with Crippen LogP contribution in [0.3, 0.4) is 0 Å². The molecular formula is C12H17BrClNO4S. The smallest absolute Gasteiger partial charge is 0.246 e. The third-order valence-electron chi connectivity index (χ3n) is 2.71. The Balaban J connectivity index is 3.33. The summed E-state index contributed by atoms with van der Waals surface area (Å²) in [6.45, 7) is 2.21. The first-order chi connectivity index (χ1) is 9.38. The highest BCUT2D eigenvalue weighted by Crippen LogP contribution is 2.36. The Morgan fingerprint density at radius 3 is 2.60 bits per heavy atom. The van der Waals surface area contributed by atoms with Gasteiger partial charge >= 0.3 is 0 Å². The predicted molar refractivity (Wildman–Crippen MR) is 81.8 cm³/mol. The number of methoxy groups -OCH3 is 1. The maximum absolute atomic E-state index is 12.6. The quantitative estimate of drug-likeness (QED) is 0.782. The molecule has 0 amide bonds. The van der Waals surface area contributed by atoms with Gasteiger partial charge in [-0.3, -0.25) is 0 Å². The van der Waals surface area contributed by atoms with Gasteiger partial charge in [0.25, 0.3) is 0 Å². The topological polar surface area (TPSA) is 66.8 Å². The average molecular weight is 387 g/mol. The molecule has 0 aliphatic rings. The van der Waals surface area contributed by atoms with Crippen molar-refractivity contribution in [2.45, 2.75) is 18.2 Å². The van der Waals surface area contributed by atoms with E-state index < -0.39 is 10.0 Å². The minimum Gasteiger partial charge on any atom is -0.494 e. The van der Waals surface area contributed by atoms with E-state index in [4.69, 9.17) is 21.4 Å². The zero-order chi connectivity index (χ0) is 15.3. The number of halogens is 2. The molecule has 1 rings (SSSR count). The van der Waals surface area contributed by atoms with Crippen LogP contribution < -0.4 is 4.74 Å². The molecule has 0 unspecified atom stereocenters. The molecule has 0 spiro atoms. The Labute approximate surface area is 132 Å². The van der Waals surface area contributed by atoms with E-state index in [1.165, 1.54) is 17.5 Å². The molecule has 1 N–H and O–H groups in total. The van der Waals surface area contributed by atoms with Crippen LogP contribution in [0.2, 0.25) is 5.02 Å². The fourth-order valence-corrected chi connectivity index (χ4v) is 4.62. The molecule has 0 aliphatic carbocycles. The van der Waals surface area contributed by atoms with Crippen molar-refractivity contribution in [2.24, 2.45) is 0 Å². The van der Waals surface area contributed by atoms with Crippen LogP contribution in [0.25, 0.3) is 0 Å².